The molecule has 6 nitrogen and oxygen atoms in total. The standard InChI is InChI=1S/C47H80O6/c1-4-7-10-13-16-19-21-23-25-28-31-34-37-40-46(49)52-43-44(42-51-45(48)39-36-33-30-27-18-15-12-9-6-3)53-47(50)41-38-35-32-29-26-24-22-20-17-14-11-8-5-2/h7,10-11,14,16,19-20,22-23,25,44H,4-6,8-9,12-13,15,17-18,21,24,26-43H2,1-3H3/b10-7-,14-11-,19-16-,22-20-,25-23-. The van der Waals surface area contributed by atoms with E-state index in [0.29, 0.717) is 19.3 Å². The van der Waals surface area contributed by atoms with E-state index in [4.69, 9.17) is 14.2 Å². The quantitative estimate of drug-likeness (QED) is 0.0271. The molecule has 0 saturated carbocycles. The van der Waals surface area contributed by atoms with E-state index in [1.807, 2.05) is 0 Å². The molecule has 0 aromatic heterocycles. The highest BCUT2D eigenvalue weighted by Gasteiger charge is 2.19. The molecular weight excluding hydrogens is 661 g/mol. The van der Waals surface area contributed by atoms with Gasteiger partial charge in [-0.25, -0.2) is 0 Å². The summed E-state index contributed by atoms with van der Waals surface area (Å²) in [6.45, 7) is 6.38. The van der Waals surface area contributed by atoms with E-state index in [1.165, 1.54) is 44.9 Å². The van der Waals surface area contributed by atoms with Crippen LogP contribution in [-0.2, 0) is 28.6 Å². The molecule has 53 heavy (non-hydrogen) atoms. The van der Waals surface area contributed by atoms with Crippen molar-refractivity contribution in [2.24, 2.45) is 0 Å². The Morgan fingerprint density at radius 2 is 0.774 bits per heavy atom. The normalized spacial score (nSPS) is 12.6. The first-order valence-corrected chi connectivity index (χ1v) is 21.8. The van der Waals surface area contributed by atoms with Gasteiger partial charge in [-0.15, -0.1) is 0 Å². The van der Waals surface area contributed by atoms with Crippen molar-refractivity contribution in [3.8, 4) is 0 Å². The van der Waals surface area contributed by atoms with Gasteiger partial charge in [0.2, 0.25) is 0 Å². The Morgan fingerprint density at radius 3 is 1.25 bits per heavy atom. The molecule has 0 saturated heterocycles. The zero-order chi connectivity index (χ0) is 38.7. The van der Waals surface area contributed by atoms with Crippen molar-refractivity contribution in [3.05, 3.63) is 60.8 Å². The van der Waals surface area contributed by atoms with Gasteiger partial charge in [0.05, 0.1) is 0 Å². The second kappa shape index (κ2) is 41.9. The van der Waals surface area contributed by atoms with Gasteiger partial charge in [0.1, 0.15) is 13.2 Å². The van der Waals surface area contributed by atoms with Crippen LogP contribution in [0.2, 0.25) is 0 Å². The second-order valence-electron chi connectivity index (χ2n) is 14.2. The molecule has 0 bridgehead atoms. The molecule has 0 aromatic carbocycles. The highest BCUT2D eigenvalue weighted by molar-refractivity contribution is 5.71. The van der Waals surface area contributed by atoms with E-state index in [2.05, 4.69) is 81.5 Å². The first kappa shape index (κ1) is 50.1. The smallest absolute Gasteiger partial charge is 0.306 e. The Kier molecular flexibility index (Phi) is 39.6. The van der Waals surface area contributed by atoms with Crippen LogP contribution in [0.4, 0.5) is 0 Å². The molecule has 0 heterocycles. The Bertz CT molecular complexity index is 991. The molecule has 0 spiro atoms. The van der Waals surface area contributed by atoms with Gasteiger partial charge in [0.25, 0.3) is 0 Å². The summed E-state index contributed by atoms with van der Waals surface area (Å²) in [5.74, 6) is -0.943. The molecule has 0 radical (unpaired) electrons. The highest BCUT2D eigenvalue weighted by Crippen LogP contribution is 2.13. The predicted octanol–water partition coefficient (Wildman–Crippen LogP) is 13.7. The summed E-state index contributed by atoms with van der Waals surface area (Å²) in [7, 11) is 0. The van der Waals surface area contributed by atoms with E-state index in [-0.39, 0.29) is 31.1 Å². The molecular formula is C47H80O6. The van der Waals surface area contributed by atoms with Crippen LogP contribution in [0.15, 0.2) is 60.8 Å². The monoisotopic (exact) mass is 741 g/mol. The van der Waals surface area contributed by atoms with Crippen molar-refractivity contribution in [2.75, 3.05) is 13.2 Å². The Balaban J connectivity index is 4.44. The fourth-order valence-corrected chi connectivity index (χ4v) is 5.73. The average Bonchev–Trinajstić information content (AvgIpc) is 3.15. The van der Waals surface area contributed by atoms with Gasteiger partial charge in [-0.1, -0.05) is 165 Å². The molecule has 0 aliphatic heterocycles. The Labute approximate surface area is 326 Å². The molecule has 0 N–H and O–H groups in total. The van der Waals surface area contributed by atoms with Crippen molar-refractivity contribution in [1.82, 2.24) is 0 Å². The first-order valence-electron chi connectivity index (χ1n) is 21.8. The van der Waals surface area contributed by atoms with Gasteiger partial charge < -0.3 is 14.2 Å². The molecule has 0 aliphatic carbocycles. The van der Waals surface area contributed by atoms with Crippen molar-refractivity contribution in [1.29, 1.82) is 0 Å². The third-order valence-electron chi connectivity index (χ3n) is 8.99. The number of esters is 3. The molecule has 0 fully saturated rings. The first-order chi connectivity index (χ1) is 26.0. The number of allylic oxidation sites excluding steroid dienone is 10. The van der Waals surface area contributed by atoms with Gasteiger partial charge in [0.15, 0.2) is 6.10 Å². The lowest BCUT2D eigenvalue weighted by Gasteiger charge is -2.18. The number of unbranched alkanes of at least 4 members (excludes halogenated alkanes) is 17. The maximum atomic E-state index is 12.7. The predicted molar refractivity (Wildman–Crippen MR) is 224 cm³/mol. The fourth-order valence-electron chi connectivity index (χ4n) is 5.73. The van der Waals surface area contributed by atoms with Crippen LogP contribution in [0, 0.1) is 0 Å². The van der Waals surface area contributed by atoms with E-state index < -0.39 is 6.10 Å². The molecule has 0 aliphatic rings. The summed E-state index contributed by atoms with van der Waals surface area (Å²) in [6, 6.07) is 0. The van der Waals surface area contributed by atoms with Gasteiger partial charge in [0, 0.05) is 19.3 Å². The maximum Gasteiger partial charge on any atom is 0.306 e. The molecule has 0 amide bonds. The average molecular weight is 741 g/mol. The number of hydrogen-bond donors (Lipinski definition) is 0. The van der Waals surface area contributed by atoms with E-state index in [9.17, 15) is 14.4 Å². The van der Waals surface area contributed by atoms with E-state index in [0.717, 1.165) is 116 Å². The second-order valence-corrected chi connectivity index (χ2v) is 14.2. The van der Waals surface area contributed by atoms with Crippen molar-refractivity contribution < 1.29 is 28.6 Å². The van der Waals surface area contributed by atoms with Gasteiger partial charge in [-0.2, -0.15) is 0 Å². The van der Waals surface area contributed by atoms with Crippen LogP contribution in [-0.4, -0.2) is 37.2 Å². The van der Waals surface area contributed by atoms with Crippen LogP contribution in [0.1, 0.15) is 201 Å². The molecule has 304 valence electrons. The number of rotatable bonds is 38. The minimum atomic E-state index is -0.788. The van der Waals surface area contributed by atoms with Crippen molar-refractivity contribution in [3.63, 3.8) is 0 Å². The van der Waals surface area contributed by atoms with Crippen LogP contribution in [0.3, 0.4) is 0 Å². The molecule has 1 atom stereocenters. The largest absolute Gasteiger partial charge is 0.462 e. The zero-order valence-corrected chi connectivity index (χ0v) is 34.5. The van der Waals surface area contributed by atoms with Gasteiger partial charge >= 0.3 is 17.9 Å². The van der Waals surface area contributed by atoms with Crippen LogP contribution < -0.4 is 0 Å². The lowest BCUT2D eigenvalue weighted by Crippen LogP contribution is -2.30. The summed E-state index contributed by atoms with van der Waals surface area (Å²) < 4.78 is 16.6. The lowest BCUT2D eigenvalue weighted by atomic mass is 10.1. The fraction of sp³-hybridized carbons (Fsp3) is 0.723. The van der Waals surface area contributed by atoms with Crippen LogP contribution in [0.25, 0.3) is 0 Å². The Hall–Kier alpha value is -2.89. The third kappa shape index (κ3) is 40.1. The minimum absolute atomic E-state index is 0.0891. The molecule has 6 heteroatoms. The lowest BCUT2D eigenvalue weighted by molar-refractivity contribution is -0.167. The van der Waals surface area contributed by atoms with Crippen LogP contribution >= 0.6 is 0 Å². The Morgan fingerprint density at radius 1 is 0.396 bits per heavy atom. The number of carbonyl (C=O) groups excluding carboxylic acids is 3. The number of carbonyl (C=O) groups is 3. The zero-order valence-electron chi connectivity index (χ0n) is 34.5. The summed E-state index contributed by atoms with van der Waals surface area (Å²) >= 11 is 0. The summed E-state index contributed by atoms with van der Waals surface area (Å²) in [4.78, 5) is 37.6. The van der Waals surface area contributed by atoms with Crippen LogP contribution in [0.5, 0.6) is 0 Å². The molecule has 1 unspecified atom stereocenters. The summed E-state index contributed by atoms with van der Waals surface area (Å²) in [5.41, 5.74) is 0. The number of ether oxygens (including phenoxy) is 3. The number of hydrogen-bond acceptors (Lipinski definition) is 6. The van der Waals surface area contributed by atoms with Gasteiger partial charge in [-0.05, 0) is 77.0 Å². The van der Waals surface area contributed by atoms with Crippen molar-refractivity contribution in [2.45, 2.75) is 207 Å². The topological polar surface area (TPSA) is 78.9 Å². The molecule has 0 aromatic rings. The minimum Gasteiger partial charge on any atom is -0.462 e. The summed E-state index contributed by atoms with van der Waals surface area (Å²) in [6.07, 6.45) is 49.2. The van der Waals surface area contributed by atoms with Gasteiger partial charge in [-0.3, -0.25) is 14.4 Å². The highest BCUT2D eigenvalue weighted by atomic mass is 16.6. The molecule has 0 rings (SSSR count). The van der Waals surface area contributed by atoms with Crippen molar-refractivity contribution >= 4 is 17.9 Å². The van der Waals surface area contributed by atoms with E-state index >= 15 is 0 Å². The SMILES string of the molecule is CC/C=C\C/C=C\C/C=C\CCCCCC(=O)OCC(COC(=O)CCCCCCCCCCC)OC(=O)CCCCCCC/C=C\C/C=C\CCC. The summed E-state index contributed by atoms with van der Waals surface area (Å²) in [5, 5.41) is 0. The van der Waals surface area contributed by atoms with E-state index in [1.54, 1.807) is 0 Å². The maximum absolute atomic E-state index is 12.7. The third-order valence-corrected chi connectivity index (χ3v) is 8.99.